The second-order valence-corrected chi connectivity index (χ2v) is 6.12. The lowest BCUT2D eigenvalue weighted by Crippen LogP contribution is -2.25. The fraction of sp³-hybridized carbons (Fsp3) is 0.889. The van der Waals surface area contributed by atoms with E-state index < -0.39 is 0 Å². The lowest BCUT2D eigenvalue weighted by molar-refractivity contribution is 0.191. The standard InChI is InChI=1S/C16H32.C2H6/c1-8-10-14(7)15(9-2)16(13(5)6)11-12(3)4;1-2/h9,12-16H,2,8,10-11H2,1,3-7H3;1-2H3. The van der Waals surface area contributed by atoms with Crippen molar-refractivity contribution in [2.75, 3.05) is 0 Å². The molecule has 0 N–H and O–H groups in total. The van der Waals surface area contributed by atoms with Crippen LogP contribution in [-0.2, 0) is 0 Å². The zero-order valence-corrected chi connectivity index (χ0v) is 14.3. The van der Waals surface area contributed by atoms with Crippen LogP contribution >= 0.6 is 0 Å². The van der Waals surface area contributed by atoms with Gasteiger partial charge in [-0.2, -0.15) is 0 Å². The van der Waals surface area contributed by atoms with Gasteiger partial charge in [-0.3, -0.25) is 0 Å². The van der Waals surface area contributed by atoms with Crippen molar-refractivity contribution in [3.63, 3.8) is 0 Å². The molecule has 0 saturated heterocycles. The molecule has 3 unspecified atom stereocenters. The Morgan fingerprint density at radius 2 is 1.50 bits per heavy atom. The molecule has 0 nitrogen and oxygen atoms in total. The Bertz CT molecular complexity index is 178. The average molecular weight is 255 g/mol. The molecule has 0 aromatic heterocycles. The summed E-state index contributed by atoms with van der Waals surface area (Å²) in [6.07, 6.45) is 6.17. The Kier molecular flexibility index (Phi) is 13.2. The first-order valence-corrected chi connectivity index (χ1v) is 8.06. The fourth-order valence-corrected chi connectivity index (χ4v) is 2.89. The summed E-state index contributed by atoms with van der Waals surface area (Å²) in [5, 5.41) is 0. The molecule has 0 heteroatoms. The first kappa shape index (κ1) is 20.1. The smallest absolute Gasteiger partial charge is 0.0180 e. The molecule has 0 aromatic carbocycles. The van der Waals surface area contributed by atoms with Gasteiger partial charge in [0.05, 0.1) is 0 Å². The minimum absolute atomic E-state index is 0.697. The molecule has 0 aliphatic carbocycles. The number of hydrogen-bond acceptors (Lipinski definition) is 0. The van der Waals surface area contributed by atoms with Gasteiger partial charge < -0.3 is 0 Å². The minimum Gasteiger partial charge on any atom is -0.103 e. The Hall–Kier alpha value is -0.260. The molecular weight excluding hydrogens is 216 g/mol. The quantitative estimate of drug-likeness (QED) is 0.430. The molecule has 0 aliphatic rings. The summed E-state index contributed by atoms with van der Waals surface area (Å²) >= 11 is 0. The zero-order valence-electron chi connectivity index (χ0n) is 14.3. The highest BCUT2D eigenvalue weighted by molar-refractivity contribution is 4.89. The minimum atomic E-state index is 0.697. The van der Waals surface area contributed by atoms with Crippen molar-refractivity contribution in [1.29, 1.82) is 0 Å². The van der Waals surface area contributed by atoms with Crippen LogP contribution in [0.3, 0.4) is 0 Å². The summed E-state index contributed by atoms with van der Waals surface area (Å²) in [4.78, 5) is 0. The molecule has 3 atom stereocenters. The van der Waals surface area contributed by atoms with Crippen LogP contribution in [0.4, 0.5) is 0 Å². The summed E-state index contributed by atoms with van der Waals surface area (Å²) in [5.74, 6) is 3.85. The molecule has 0 radical (unpaired) electrons. The first-order valence-electron chi connectivity index (χ1n) is 8.06. The molecule has 110 valence electrons. The molecule has 0 aromatic rings. The monoisotopic (exact) mass is 254 g/mol. The van der Waals surface area contributed by atoms with E-state index in [1.807, 2.05) is 13.8 Å². The van der Waals surface area contributed by atoms with Crippen molar-refractivity contribution in [2.45, 2.75) is 74.7 Å². The molecular formula is C18H38. The Morgan fingerprint density at radius 1 is 1.00 bits per heavy atom. The Labute approximate surface area is 117 Å². The molecule has 18 heavy (non-hydrogen) atoms. The van der Waals surface area contributed by atoms with E-state index in [0.717, 1.165) is 23.7 Å². The fourth-order valence-electron chi connectivity index (χ4n) is 2.89. The van der Waals surface area contributed by atoms with Crippen LogP contribution in [0.5, 0.6) is 0 Å². The molecule has 0 saturated carbocycles. The van der Waals surface area contributed by atoms with E-state index in [4.69, 9.17) is 0 Å². The van der Waals surface area contributed by atoms with E-state index in [0.29, 0.717) is 5.92 Å². The average Bonchev–Trinajstić information content (AvgIpc) is 2.31. The molecule has 0 spiro atoms. The summed E-state index contributed by atoms with van der Waals surface area (Å²) in [7, 11) is 0. The predicted octanol–water partition coefficient (Wildman–Crippen LogP) is 6.57. The zero-order chi connectivity index (χ0) is 14.7. The summed E-state index contributed by atoms with van der Waals surface area (Å²) in [5.41, 5.74) is 0. The van der Waals surface area contributed by atoms with E-state index in [2.05, 4.69) is 54.2 Å². The van der Waals surface area contributed by atoms with Gasteiger partial charge in [-0.05, 0) is 36.0 Å². The maximum absolute atomic E-state index is 4.07. The van der Waals surface area contributed by atoms with Crippen molar-refractivity contribution in [3.05, 3.63) is 12.7 Å². The number of allylic oxidation sites excluding steroid dienone is 1. The van der Waals surface area contributed by atoms with Crippen LogP contribution in [0, 0.1) is 29.6 Å². The van der Waals surface area contributed by atoms with Gasteiger partial charge in [0.1, 0.15) is 0 Å². The van der Waals surface area contributed by atoms with Gasteiger partial charge in [0.15, 0.2) is 0 Å². The number of rotatable bonds is 8. The van der Waals surface area contributed by atoms with Gasteiger partial charge in [-0.1, -0.05) is 74.3 Å². The van der Waals surface area contributed by atoms with Gasteiger partial charge in [0.2, 0.25) is 0 Å². The first-order chi connectivity index (χ1) is 8.43. The van der Waals surface area contributed by atoms with E-state index in [-0.39, 0.29) is 0 Å². The third-order valence-corrected chi connectivity index (χ3v) is 3.77. The topological polar surface area (TPSA) is 0 Å². The van der Waals surface area contributed by atoms with Gasteiger partial charge >= 0.3 is 0 Å². The van der Waals surface area contributed by atoms with Gasteiger partial charge in [-0.15, -0.1) is 6.58 Å². The van der Waals surface area contributed by atoms with Crippen molar-refractivity contribution in [3.8, 4) is 0 Å². The van der Waals surface area contributed by atoms with Crippen LogP contribution in [0.15, 0.2) is 12.7 Å². The maximum atomic E-state index is 4.07. The van der Waals surface area contributed by atoms with Gasteiger partial charge in [0, 0.05) is 0 Å². The predicted molar refractivity (Wildman–Crippen MR) is 86.9 cm³/mol. The second kappa shape index (κ2) is 11.8. The van der Waals surface area contributed by atoms with E-state index in [1.54, 1.807) is 0 Å². The third-order valence-electron chi connectivity index (χ3n) is 3.77. The molecule has 0 fully saturated rings. The van der Waals surface area contributed by atoms with Crippen molar-refractivity contribution >= 4 is 0 Å². The summed E-state index contributed by atoms with van der Waals surface area (Å²) in [6.45, 7) is 22.1. The normalized spacial score (nSPS) is 15.9. The van der Waals surface area contributed by atoms with Crippen LogP contribution < -0.4 is 0 Å². The highest BCUT2D eigenvalue weighted by atomic mass is 14.3. The van der Waals surface area contributed by atoms with Crippen LogP contribution in [0.1, 0.15) is 74.7 Å². The van der Waals surface area contributed by atoms with Crippen LogP contribution in [-0.4, -0.2) is 0 Å². The van der Waals surface area contributed by atoms with E-state index >= 15 is 0 Å². The molecule has 0 amide bonds. The summed E-state index contributed by atoms with van der Waals surface area (Å²) < 4.78 is 0. The summed E-state index contributed by atoms with van der Waals surface area (Å²) in [6, 6.07) is 0. The van der Waals surface area contributed by atoms with Crippen molar-refractivity contribution < 1.29 is 0 Å². The lowest BCUT2D eigenvalue weighted by atomic mass is 9.72. The second-order valence-electron chi connectivity index (χ2n) is 6.12. The van der Waals surface area contributed by atoms with Crippen molar-refractivity contribution in [2.24, 2.45) is 29.6 Å². The molecule has 0 aliphatic heterocycles. The van der Waals surface area contributed by atoms with E-state index in [1.165, 1.54) is 19.3 Å². The third kappa shape index (κ3) is 7.95. The Balaban J connectivity index is 0. The SMILES string of the molecule is C=CC(C(C)CCC)C(CC(C)C)C(C)C.CC. The van der Waals surface area contributed by atoms with Crippen LogP contribution in [0.2, 0.25) is 0 Å². The van der Waals surface area contributed by atoms with Crippen LogP contribution in [0.25, 0.3) is 0 Å². The highest BCUT2D eigenvalue weighted by Crippen LogP contribution is 2.35. The van der Waals surface area contributed by atoms with Crippen molar-refractivity contribution in [1.82, 2.24) is 0 Å². The molecule has 0 rings (SSSR count). The van der Waals surface area contributed by atoms with Gasteiger partial charge in [-0.25, -0.2) is 0 Å². The lowest BCUT2D eigenvalue weighted by Gasteiger charge is -2.33. The highest BCUT2D eigenvalue weighted by Gasteiger charge is 2.26. The number of hydrogen-bond donors (Lipinski definition) is 0. The Morgan fingerprint density at radius 3 is 1.78 bits per heavy atom. The maximum Gasteiger partial charge on any atom is -0.0180 e. The van der Waals surface area contributed by atoms with Gasteiger partial charge in [0.25, 0.3) is 0 Å². The largest absolute Gasteiger partial charge is 0.103 e. The molecule has 0 bridgehead atoms. The van der Waals surface area contributed by atoms with E-state index in [9.17, 15) is 0 Å². The molecule has 0 heterocycles.